The third-order valence-corrected chi connectivity index (χ3v) is 5.04. The lowest BCUT2D eigenvalue weighted by Crippen LogP contribution is -2.42. The zero-order chi connectivity index (χ0) is 14.4. The van der Waals surface area contributed by atoms with Crippen molar-refractivity contribution in [2.75, 3.05) is 11.9 Å². The van der Waals surface area contributed by atoms with Gasteiger partial charge in [0.25, 0.3) is 0 Å². The molecule has 3 atom stereocenters. The second-order valence-corrected chi connectivity index (χ2v) is 6.15. The lowest BCUT2D eigenvalue weighted by Gasteiger charge is -2.34. The monoisotopic (exact) mass is 281 g/mol. The smallest absolute Gasteiger partial charge is 0.147 e. The molecule has 1 aromatic heterocycles. The average molecular weight is 281 g/mol. The SMILES string of the molecule is CN1c2ccccc2C2C(=O)C(Cn3ccnc3)CCC21. The van der Waals surface area contributed by atoms with Gasteiger partial charge in [-0.15, -0.1) is 0 Å². The molecule has 2 aromatic rings. The first-order chi connectivity index (χ1) is 10.3. The van der Waals surface area contributed by atoms with E-state index in [4.69, 9.17) is 0 Å². The van der Waals surface area contributed by atoms with Crippen LogP contribution < -0.4 is 4.90 Å². The Labute approximate surface area is 124 Å². The van der Waals surface area contributed by atoms with E-state index in [1.165, 1.54) is 11.3 Å². The van der Waals surface area contributed by atoms with Gasteiger partial charge in [0.05, 0.1) is 12.2 Å². The van der Waals surface area contributed by atoms with E-state index in [0.717, 1.165) is 19.4 Å². The third kappa shape index (κ3) is 1.89. The summed E-state index contributed by atoms with van der Waals surface area (Å²) in [6, 6.07) is 8.69. The number of Topliss-reactive ketones (excluding diaryl/α,β-unsaturated/α-hetero) is 1. The fourth-order valence-corrected chi connectivity index (χ4v) is 3.98. The molecule has 1 aliphatic carbocycles. The van der Waals surface area contributed by atoms with Crippen molar-refractivity contribution in [3.8, 4) is 0 Å². The van der Waals surface area contributed by atoms with Gasteiger partial charge in [0.1, 0.15) is 5.78 Å². The molecule has 0 bridgehead atoms. The van der Waals surface area contributed by atoms with E-state index in [2.05, 4.69) is 35.1 Å². The van der Waals surface area contributed by atoms with Gasteiger partial charge >= 0.3 is 0 Å². The number of benzene rings is 1. The number of fused-ring (bicyclic) bond motifs is 3. The van der Waals surface area contributed by atoms with Crippen molar-refractivity contribution in [3.63, 3.8) is 0 Å². The first-order valence-electron chi connectivity index (χ1n) is 7.57. The van der Waals surface area contributed by atoms with Gasteiger partial charge in [0.15, 0.2) is 0 Å². The van der Waals surface area contributed by atoms with Crippen LogP contribution in [-0.2, 0) is 11.3 Å². The predicted molar refractivity (Wildman–Crippen MR) is 81.3 cm³/mol. The van der Waals surface area contributed by atoms with Crippen molar-refractivity contribution in [1.82, 2.24) is 9.55 Å². The second-order valence-electron chi connectivity index (χ2n) is 6.15. The summed E-state index contributed by atoms with van der Waals surface area (Å²) in [7, 11) is 2.12. The number of imidazole rings is 1. The molecular formula is C17H19N3O. The number of para-hydroxylation sites is 1. The van der Waals surface area contributed by atoms with E-state index in [1.807, 2.05) is 16.8 Å². The van der Waals surface area contributed by atoms with Crippen molar-refractivity contribution in [1.29, 1.82) is 0 Å². The molecule has 0 spiro atoms. The summed E-state index contributed by atoms with van der Waals surface area (Å²) in [6.07, 6.45) is 7.56. The van der Waals surface area contributed by atoms with Crippen LogP contribution in [0.15, 0.2) is 43.0 Å². The number of hydrogen-bond acceptors (Lipinski definition) is 3. The molecule has 21 heavy (non-hydrogen) atoms. The largest absolute Gasteiger partial charge is 0.370 e. The summed E-state index contributed by atoms with van der Waals surface area (Å²) in [6.45, 7) is 0.758. The lowest BCUT2D eigenvalue weighted by atomic mass is 9.75. The van der Waals surface area contributed by atoms with Crippen molar-refractivity contribution in [2.45, 2.75) is 31.3 Å². The van der Waals surface area contributed by atoms with Gasteiger partial charge < -0.3 is 9.47 Å². The fraction of sp³-hybridized carbons (Fsp3) is 0.412. The maximum atomic E-state index is 13.0. The number of ketones is 1. The number of hydrogen-bond donors (Lipinski definition) is 0. The van der Waals surface area contributed by atoms with Gasteiger partial charge in [-0.1, -0.05) is 18.2 Å². The normalized spacial score (nSPS) is 27.6. The topological polar surface area (TPSA) is 38.1 Å². The maximum Gasteiger partial charge on any atom is 0.147 e. The lowest BCUT2D eigenvalue weighted by molar-refractivity contribution is -0.127. The molecule has 0 amide bonds. The van der Waals surface area contributed by atoms with E-state index in [-0.39, 0.29) is 11.8 Å². The predicted octanol–water partition coefficient (Wildman–Crippen LogP) is 2.46. The molecule has 1 aliphatic heterocycles. The molecule has 108 valence electrons. The van der Waals surface area contributed by atoms with Crippen LogP contribution in [0.3, 0.4) is 0 Å². The Bertz CT molecular complexity index is 664. The quantitative estimate of drug-likeness (QED) is 0.848. The average Bonchev–Trinajstić information content (AvgIpc) is 3.10. The van der Waals surface area contributed by atoms with Crippen molar-refractivity contribution in [3.05, 3.63) is 48.5 Å². The van der Waals surface area contributed by atoms with E-state index in [9.17, 15) is 4.79 Å². The Morgan fingerprint density at radius 2 is 2.14 bits per heavy atom. The van der Waals surface area contributed by atoms with Crippen LogP contribution in [0.4, 0.5) is 5.69 Å². The van der Waals surface area contributed by atoms with Gasteiger partial charge in [-0.05, 0) is 24.5 Å². The van der Waals surface area contributed by atoms with Crippen LogP contribution in [0.2, 0.25) is 0 Å². The van der Waals surface area contributed by atoms with E-state index < -0.39 is 0 Å². The maximum absolute atomic E-state index is 13.0. The summed E-state index contributed by atoms with van der Waals surface area (Å²) in [5.41, 5.74) is 2.44. The third-order valence-electron chi connectivity index (χ3n) is 5.04. The van der Waals surface area contributed by atoms with Gasteiger partial charge in [0, 0.05) is 43.6 Å². The molecule has 1 fully saturated rings. The molecule has 1 saturated carbocycles. The van der Waals surface area contributed by atoms with Gasteiger partial charge in [-0.2, -0.15) is 0 Å². The summed E-state index contributed by atoms with van der Waals surface area (Å²) in [5.74, 6) is 0.560. The number of aromatic nitrogens is 2. The van der Waals surface area contributed by atoms with Crippen LogP contribution in [0, 0.1) is 5.92 Å². The zero-order valence-corrected chi connectivity index (χ0v) is 12.1. The van der Waals surface area contributed by atoms with Crippen molar-refractivity contribution in [2.24, 2.45) is 5.92 Å². The number of carbonyl (C=O) groups is 1. The Balaban J connectivity index is 1.64. The molecule has 2 heterocycles. The van der Waals surface area contributed by atoms with Crippen LogP contribution in [0.5, 0.6) is 0 Å². The number of carbonyl (C=O) groups excluding carboxylic acids is 1. The van der Waals surface area contributed by atoms with E-state index in [0.29, 0.717) is 11.8 Å². The zero-order valence-electron chi connectivity index (χ0n) is 12.1. The summed E-state index contributed by atoms with van der Waals surface area (Å²) >= 11 is 0. The van der Waals surface area contributed by atoms with Crippen LogP contribution >= 0.6 is 0 Å². The highest BCUT2D eigenvalue weighted by Gasteiger charge is 2.46. The van der Waals surface area contributed by atoms with Gasteiger partial charge in [-0.25, -0.2) is 4.98 Å². The fourth-order valence-electron chi connectivity index (χ4n) is 3.98. The minimum Gasteiger partial charge on any atom is -0.370 e. The highest BCUT2D eigenvalue weighted by Crippen LogP contribution is 2.46. The Morgan fingerprint density at radius 3 is 2.95 bits per heavy atom. The molecule has 4 heteroatoms. The van der Waals surface area contributed by atoms with Gasteiger partial charge in [0.2, 0.25) is 0 Å². The standard InChI is InChI=1S/C17H19N3O/c1-19-14-5-3-2-4-13(14)16-15(19)7-6-12(17(16)21)10-20-9-8-18-11-20/h2-5,8-9,11-12,15-16H,6-7,10H2,1H3. The van der Waals surface area contributed by atoms with Gasteiger partial charge in [-0.3, -0.25) is 4.79 Å². The number of likely N-dealkylation sites (N-methyl/N-ethyl adjacent to an activating group) is 1. The highest BCUT2D eigenvalue weighted by molar-refractivity contribution is 5.93. The molecule has 1 aromatic carbocycles. The Hall–Kier alpha value is -2.10. The summed E-state index contributed by atoms with van der Waals surface area (Å²) in [4.78, 5) is 19.3. The minimum atomic E-state index is 0.0495. The van der Waals surface area contributed by atoms with Crippen LogP contribution in [0.1, 0.15) is 24.3 Å². The molecule has 4 nitrogen and oxygen atoms in total. The second kappa shape index (κ2) is 4.72. The molecule has 2 aliphatic rings. The van der Waals surface area contributed by atoms with Crippen molar-refractivity contribution >= 4 is 11.5 Å². The molecule has 4 rings (SSSR count). The van der Waals surface area contributed by atoms with Crippen molar-refractivity contribution < 1.29 is 4.79 Å². The number of anilines is 1. The van der Waals surface area contributed by atoms with E-state index >= 15 is 0 Å². The van der Waals surface area contributed by atoms with Crippen LogP contribution in [0.25, 0.3) is 0 Å². The number of nitrogens with zero attached hydrogens (tertiary/aromatic N) is 3. The number of rotatable bonds is 2. The Morgan fingerprint density at radius 1 is 1.29 bits per heavy atom. The highest BCUT2D eigenvalue weighted by atomic mass is 16.1. The Kier molecular flexibility index (Phi) is 2.84. The molecule has 0 N–H and O–H groups in total. The first kappa shape index (κ1) is 12.6. The summed E-state index contributed by atoms with van der Waals surface area (Å²) < 4.78 is 2.02. The molecule has 0 radical (unpaired) electrons. The van der Waals surface area contributed by atoms with E-state index in [1.54, 1.807) is 12.5 Å². The minimum absolute atomic E-state index is 0.0495. The molecule has 3 unspecified atom stereocenters. The first-order valence-corrected chi connectivity index (χ1v) is 7.57. The molecular weight excluding hydrogens is 262 g/mol. The van der Waals surface area contributed by atoms with Crippen LogP contribution in [-0.4, -0.2) is 28.4 Å². The summed E-state index contributed by atoms with van der Waals surface area (Å²) in [5, 5.41) is 0. The molecule has 0 saturated heterocycles.